The summed E-state index contributed by atoms with van der Waals surface area (Å²) in [6, 6.07) is 18.7. The highest BCUT2D eigenvalue weighted by atomic mass is 28.4. The Morgan fingerprint density at radius 2 is 1.41 bits per heavy atom. The van der Waals surface area contributed by atoms with Gasteiger partial charge in [0.2, 0.25) is 16.6 Å². The third-order valence-electron chi connectivity index (χ3n) is 12.0. The Morgan fingerprint density at radius 1 is 0.796 bits per heavy atom. The summed E-state index contributed by atoms with van der Waals surface area (Å²) in [5.41, 5.74) is 6.04. The number of aryl methyl sites for hydroxylation is 1. The van der Waals surface area contributed by atoms with Crippen molar-refractivity contribution < 1.29 is 22.4 Å². The van der Waals surface area contributed by atoms with Gasteiger partial charge in [0.1, 0.15) is 18.1 Å². The number of hydrogen-bond donors (Lipinski definition) is 1. The predicted octanol–water partition coefficient (Wildman–Crippen LogP) is 12.7. The number of nitrogens with zero attached hydrogens (tertiary/aromatic N) is 1. The molecule has 1 saturated heterocycles. The highest BCUT2D eigenvalue weighted by molar-refractivity contribution is 6.75. The lowest BCUT2D eigenvalue weighted by Crippen LogP contribution is -2.43. The Morgan fingerprint density at radius 3 is 2.00 bits per heavy atom. The molecule has 1 unspecified atom stereocenters. The number of hydrogen-bond acceptors (Lipinski definition) is 5. The number of halogens is 2. The van der Waals surface area contributed by atoms with Crippen LogP contribution in [0.3, 0.4) is 0 Å². The van der Waals surface area contributed by atoms with Gasteiger partial charge >= 0.3 is 0 Å². The van der Waals surface area contributed by atoms with Gasteiger partial charge in [-0.25, -0.2) is 4.39 Å². The number of rotatable bonds is 13. The van der Waals surface area contributed by atoms with Gasteiger partial charge in [0.15, 0.2) is 11.6 Å². The van der Waals surface area contributed by atoms with Gasteiger partial charge in [-0.1, -0.05) is 73.1 Å². The minimum Gasteiger partial charge on any atom is -0.543 e. The molecule has 2 aliphatic rings. The average Bonchev–Trinajstić information content (AvgIpc) is 3.10. The first kappa shape index (κ1) is 43.8. The van der Waals surface area contributed by atoms with E-state index in [4.69, 9.17) is 13.6 Å². The monoisotopic (exact) mass is 780 g/mol. The molecule has 1 fully saturated rings. The molecular weight excluding hydrogens is 711 g/mol. The highest BCUT2D eigenvalue weighted by Gasteiger charge is 2.40. The van der Waals surface area contributed by atoms with Crippen molar-refractivity contribution >= 4 is 22.3 Å². The third kappa shape index (κ3) is 12.1. The summed E-state index contributed by atoms with van der Waals surface area (Å²) in [6.07, 6.45) is 7.49. The largest absolute Gasteiger partial charge is 0.543 e. The molecule has 1 N–H and O–H groups in total. The molecule has 300 valence electrons. The van der Waals surface area contributed by atoms with Gasteiger partial charge in [-0.05, 0) is 146 Å². The van der Waals surface area contributed by atoms with Crippen LogP contribution in [0.15, 0.2) is 54.6 Å². The van der Waals surface area contributed by atoms with Gasteiger partial charge in [0, 0.05) is 24.8 Å². The zero-order valence-corrected chi connectivity index (χ0v) is 37.4. The molecule has 54 heavy (non-hydrogen) atoms. The number of anilines is 1. The minimum absolute atomic E-state index is 0.0919. The summed E-state index contributed by atoms with van der Waals surface area (Å²) in [4.78, 5) is 2.41. The van der Waals surface area contributed by atoms with Crippen molar-refractivity contribution in [2.75, 3.05) is 38.2 Å². The Kier molecular flexibility index (Phi) is 15.3. The molecule has 3 aromatic rings. The smallest absolute Gasteiger partial charge is 0.250 e. The first-order valence-electron chi connectivity index (χ1n) is 20.4. The molecule has 3 aromatic carbocycles. The molecule has 0 saturated carbocycles. The standard InChI is InChI=1S/C42H63FN2O3Si2.C3H7F/c1-41(2,3)49(7,8)47-35-18-17-32-27-34(16-15-33(32)28-35)37-20-19-36(48-50(9,10)42(4,5)6)29-39(37)44-30-31-14-21-40(38(43)26-31)46-25-24-45-22-12-11-13-23-45;1-2-3-4/h14,17-21,26,28-29,34,44H,11-13,15-16,22-25,27,30H2,1-10H3;2-3H2,1H3. The van der Waals surface area contributed by atoms with E-state index in [9.17, 15) is 4.39 Å². The molecule has 5 rings (SSSR count). The lowest BCUT2D eigenvalue weighted by atomic mass is 9.79. The number of nitrogens with one attached hydrogen (secondary N) is 1. The number of ether oxygens (including phenoxy) is 1. The van der Waals surface area contributed by atoms with E-state index in [1.54, 1.807) is 19.1 Å². The molecule has 0 radical (unpaired) electrons. The van der Waals surface area contributed by atoms with Crippen molar-refractivity contribution in [2.24, 2.45) is 0 Å². The van der Waals surface area contributed by atoms with E-state index in [0.29, 0.717) is 31.2 Å². The van der Waals surface area contributed by atoms with Crippen molar-refractivity contribution in [1.29, 1.82) is 0 Å². The van der Waals surface area contributed by atoms with Gasteiger partial charge in [-0.2, -0.15) is 0 Å². The van der Waals surface area contributed by atoms with Crippen LogP contribution in [0.4, 0.5) is 14.5 Å². The molecule has 0 amide bonds. The van der Waals surface area contributed by atoms with Gasteiger partial charge in [-0.15, -0.1) is 0 Å². The van der Waals surface area contributed by atoms with Crippen LogP contribution in [0.25, 0.3) is 0 Å². The number of piperidine rings is 1. The Bertz CT molecular complexity index is 1640. The molecule has 0 aromatic heterocycles. The first-order chi connectivity index (χ1) is 25.3. The van der Waals surface area contributed by atoms with Crippen LogP contribution < -0.4 is 18.9 Å². The van der Waals surface area contributed by atoms with Crippen LogP contribution >= 0.6 is 0 Å². The minimum atomic E-state index is -2.03. The van der Waals surface area contributed by atoms with Crippen LogP contribution in [-0.2, 0) is 19.4 Å². The van der Waals surface area contributed by atoms with Gasteiger partial charge < -0.3 is 18.9 Å². The lowest BCUT2D eigenvalue weighted by Gasteiger charge is -2.37. The molecule has 1 aliphatic carbocycles. The fraction of sp³-hybridized carbons (Fsp3) is 0.600. The summed E-state index contributed by atoms with van der Waals surface area (Å²) >= 11 is 0. The zero-order chi connectivity index (χ0) is 39.7. The highest BCUT2D eigenvalue weighted by Crippen LogP contribution is 2.43. The second kappa shape index (κ2) is 18.8. The molecule has 1 aliphatic heterocycles. The fourth-order valence-electron chi connectivity index (χ4n) is 6.50. The second-order valence-corrected chi connectivity index (χ2v) is 27.9. The SMILES string of the molecule is CC(C)(C)[Si](C)(C)Oc1ccc2c(c1)CCC(c1ccc(O[Si](C)(C)C(C)(C)C)cc1NCc1ccc(OCCN3CCCCC3)c(F)c1)C2.CCCF. The number of alkyl halides is 1. The zero-order valence-electron chi connectivity index (χ0n) is 35.4. The Labute approximate surface area is 328 Å². The van der Waals surface area contributed by atoms with Crippen molar-refractivity contribution in [2.45, 2.75) is 142 Å². The summed E-state index contributed by atoms with van der Waals surface area (Å²) < 4.78 is 45.2. The van der Waals surface area contributed by atoms with Crippen LogP contribution in [-0.4, -0.2) is 54.5 Å². The van der Waals surface area contributed by atoms with E-state index in [0.717, 1.165) is 61.6 Å². The summed E-state index contributed by atoms with van der Waals surface area (Å²) in [5, 5.41) is 3.95. The van der Waals surface area contributed by atoms with Crippen molar-refractivity contribution in [3.63, 3.8) is 0 Å². The molecule has 0 bridgehead atoms. The van der Waals surface area contributed by atoms with Crippen molar-refractivity contribution in [3.05, 3.63) is 82.7 Å². The number of likely N-dealkylation sites (tertiary alicyclic amines) is 1. The van der Waals surface area contributed by atoms with E-state index in [1.807, 2.05) is 6.07 Å². The topological polar surface area (TPSA) is 43.0 Å². The van der Waals surface area contributed by atoms with E-state index in [-0.39, 0.29) is 22.6 Å². The quantitative estimate of drug-likeness (QED) is 0.175. The maximum atomic E-state index is 15.2. The van der Waals surface area contributed by atoms with E-state index in [2.05, 4.69) is 114 Å². The van der Waals surface area contributed by atoms with Crippen molar-refractivity contribution in [1.82, 2.24) is 4.90 Å². The third-order valence-corrected chi connectivity index (χ3v) is 20.7. The van der Waals surface area contributed by atoms with E-state index in [1.165, 1.54) is 36.0 Å². The van der Waals surface area contributed by atoms with Crippen LogP contribution in [0.2, 0.25) is 36.3 Å². The molecule has 0 spiro atoms. The molecular formula is C45H70F2N2O3Si2. The van der Waals surface area contributed by atoms with Gasteiger partial charge in [-0.3, -0.25) is 9.29 Å². The second-order valence-electron chi connectivity index (χ2n) is 18.4. The number of fused-ring (bicyclic) bond motifs is 1. The van der Waals surface area contributed by atoms with Crippen LogP contribution in [0.5, 0.6) is 17.2 Å². The number of benzene rings is 3. The maximum Gasteiger partial charge on any atom is 0.250 e. The Balaban J connectivity index is 0.00000155. The molecule has 5 nitrogen and oxygen atoms in total. The molecule has 9 heteroatoms. The summed E-state index contributed by atoms with van der Waals surface area (Å²) in [5.74, 6) is 2.30. The van der Waals surface area contributed by atoms with Crippen LogP contribution in [0, 0.1) is 5.82 Å². The first-order valence-corrected chi connectivity index (χ1v) is 26.2. The Hall–Kier alpha value is -2.89. The maximum absolute atomic E-state index is 15.2. The summed E-state index contributed by atoms with van der Waals surface area (Å²) in [6.45, 7) is 28.6. The normalized spacial score (nSPS) is 16.9. The van der Waals surface area contributed by atoms with E-state index < -0.39 is 16.6 Å². The molecule has 1 heterocycles. The lowest BCUT2D eigenvalue weighted by molar-refractivity contribution is 0.180. The van der Waals surface area contributed by atoms with E-state index >= 15 is 4.39 Å². The average molecular weight is 781 g/mol. The predicted molar refractivity (Wildman–Crippen MR) is 229 cm³/mol. The van der Waals surface area contributed by atoms with Gasteiger partial charge in [0.25, 0.3) is 0 Å². The molecule has 1 atom stereocenters. The van der Waals surface area contributed by atoms with Gasteiger partial charge in [0.05, 0.1) is 6.67 Å². The summed E-state index contributed by atoms with van der Waals surface area (Å²) in [7, 11) is -3.94. The van der Waals surface area contributed by atoms with Crippen LogP contribution in [0.1, 0.15) is 109 Å². The van der Waals surface area contributed by atoms with Crippen molar-refractivity contribution in [3.8, 4) is 17.2 Å². The fourth-order valence-corrected chi connectivity index (χ4v) is 8.54.